The predicted molar refractivity (Wildman–Crippen MR) is 85.5 cm³/mol. The monoisotopic (exact) mass is 296 g/mol. The second-order valence-corrected chi connectivity index (χ2v) is 7.83. The van der Waals surface area contributed by atoms with Crippen LogP contribution in [-0.4, -0.2) is 30.3 Å². The fourth-order valence-electron chi connectivity index (χ4n) is 2.74. The molecule has 0 bridgehead atoms. The van der Waals surface area contributed by atoms with Crippen molar-refractivity contribution >= 4 is 11.3 Å². The maximum Gasteiger partial charge on any atom is 0.0944 e. The number of thiazole rings is 1. The Bertz CT molecular complexity index is 424. The van der Waals surface area contributed by atoms with Crippen LogP contribution in [0, 0.1) is 5.92 Å². The summed E-state index contributed by atoms with van der Waals surface area (Å²) in [5.74, 6) is 0.618. The highest BCUT2D eigenvalue weighted by Gasteiger charge is 2.30. The number of hydrogen-bond acceptors (Lipinski definition) is 4. The highest BCUT2D eigenvalue weighted by atomic mass is 32.1. The Labute approximate surface area is 127 Å². The largest absolute Gasteiger partial charge is 0.378 e. The van der Waals surface area contributed by atoms with Crippen molar-refractivity contribution in [2.24, 2.45) is 5.92 Å². The third-order valence-electron chi connectivity index (χ3n) is 3.98. The first-order valence-corrected chi connectivity index (χ1v) is 8.58. The summed E-state index contributed by atoms with van der Waals surface area (Å²) in [6.07, 6.45) is 2.59. The molecule has 0 amide bonds. The molecule has 2 rings (SSSR count). The van der Waals surface area contributed by atoms with Crippen LogP contribution < -0.4 is 5.32 Å². The van der Waals surface area contributed by atoms with E-state index in [-0.39, 0.29) is 5.41 Å². The summed E-state index contributed by atoms with van der Waals surface area (Å²) in [5, 5.41) is 7.09. The second kappa shape index (κ2) is 6.54. The van der Waals surface area contributed by atoms with Crippen LogP contribution in [0.2, 0.25) is 0 Å². The summed E-state index contributed by atoms with van der Waals surface area (Å²) in [6.45, 7) is 12.9. The van der Waals surface area contributed by atoms with Crippen LogP contribution in [0.1, 0.15) is 51.7 Å². The molecule has 1 aromatic heterocycles. The topological polar surface area (TPSA) is 34.2 Å². The van der Waals surface area contributed by atoms with Crippen molar-refractivity contribution in [1.29, 1.82) is 0 Å². The van der Waals surface area contributed by atoms with Gasteiger partial charge in [-0.1, -0.05) is 27.7 Å². The molecule has 3 nitrogen and oxygen atoms in total. The van der Waals surface area contributed by atoms with Crippen LogP contribution in [0.5, 0.6) is 0 Å². The van der Waals surface area contributed by atoms with E-state index in [1.807, 2.05) is 0 Å². The molecule has 1 aliphatic heterocycles. The molecule has 0 spiro atoms. The van der Waals surface area contributed by atoms with Gasteiger partial charge >= 0.3 is 0 Å². The van der Waals surface area contributed by atoms with Gasteiger partial charge in [-0.3, -0.25) is 0 Å². The van der Waals surface area contributed by atoms with Gasteiger partial charge in [0.1, 0.15) is 0 Å². The van der Waals surface area contributed by atoms with E-state index in [2.05, 4.69) is 45.3 Å². The fraction of sp³-hybridized carbons (Fsp3) is 0.812. The minimum absolute atomic E-state index is 0.146. The summed E-state index contributed by atoms with van der Waals surface area (Å²) >= 11 is 1.80. The number of ether oxygens (including phenoxy) is 1. The Kier molecular flexibility index (Phi) is 5.21. The molecule has 1 N–H and O–H groups in total. The molecule has 2 heterocycles. The standard InChI is InChI=1S/C16H28N2OS/c1-6-17-13(12-7-11(2)19-9-12)8-15-18-14(10-20-15)16(3,4)5/h10-13,17H,6-9H2,1-5H3. The van der Waals surface area contributed by atoms with E-state index in [1.165, 1.54) is 10.7 Å². The lowest BCUT2D eigenvalue weighted by atomic mass is 9.93. The molecule has 1 fully saturated rings. The Morgan fingerprint density at radius 1 is 1.50 bits per heavy atom. The Morgan fingerprint density at radius 2 is 2.25 bits per heavy atom. The number of likely N-dealkylation sites (N-methyl/N-ethyl adjacent to an activating group) is 1. The van der Waals surface area contributed by atoms with Crippen LogP contribution in [0.15, 0.2) is 5.38 Å². The van der Waals surface area contributed by atoms with Crippen molar-refractivity contribution in [3.63, 3.8) is 0 Å². The van der Waals surface area contributed by atoms with E-state index in [9.17, 15) is 0 Å². The molecule has 0 saturated carbocycles. The third-order valence-corrected chi connectivity index (χ3v) is 4.85. The van der Waals surface area contributed by atoms with Gasteiger partial charge in [-0.2, -0.15) is 0 Å². The van der Waals surface area contributed by atoms with Crippen LogP contribution in [0.3, 0.4) is 0 Å². The van der Waals surface area contributed by atoms with E-state index in [1.54, 1.807) is 11.3 Å². The summed E-state index contributed by atoms with van der Waals surface area (Å²) < 4.78 is 5.73. The first-order valence-electron chi connectivity index (χ1n) is 7.70. The fourth-order valence-corrected chi connectivity index (χ4v) is 3.82. The normalized spacial score (nSPS) is 25.1. The molecule has 4 heteroatoms. The molecular formula is C16H28N2OS. The van der Waals surface area contributed by atoms with Gasteiger partial charge in [0.05, 0.1) is 23.4 Å². The average molecular weight is 296 g/mol. The zero-order valence-corrected chi connectivity index (χ0v) is 14.2. The zero-order valence-electron chi connectivity index (χ0n) is 13.4. The summed E-state index contributed by atoms with van der Waals surface area (Å²) in [4.78, 5) is 4.83. The lowest BCUT2D eigenvalue weighted by molar-refractivity contribution is 0.117. The van der Waals surface area contributed by atoms with Gasteiger partial charge in [0, 0.05) is 29.2 Å². The van der Waals surface area contributed by atoms with E-state index in [0.29, 0.717) is 18.1 Å². The summed E-state index contributed by atoms with van der Waals surface area (Å²) in [6, 6.07) is 0.490. The summed E-state index contributed by atoms with van der Waals surface area (Å²) in [7, 11) is 0. The molecule has 0 aliphatic carbocycles. The third kappa shape index (κ3) is 4.03. The Balaban J connectivity index is 2.02. The van der Waals surface area contributed by atoms with Crippen molar-refractivity contribution in [3.05, 3.63) is 16.1 Å². The molecule has 1 saturated heterocycles. The Morgan fingerprint density at radius 3 is 2.75 bits per heavy atom. The van der Waals surface area contributed by atoms with Crippen molar-refractivity contribution in [1.82, 2.24) is 10.3 Å². The van der Waals surface area contributed by atoms with Crippen molar-refractivity contribution in [3.8, 4) is 0 Å². The van der Waals surface area contributed by atoms with Gasteiger partial charge in [0.15, 0.2) is 0 Å². The number of aromatic nitrogens is 1. The zero-order chi connectivity index (χ0) is 14.8. The first-order chi connectivity index (χ1) is 9.40. The highest BCUT2D eigenvalue weighted by Crippen LogP contribution is 2.28. The van der Waals surface area contributed by atoms with Gasteiger partial charge in [-0.15, -0.1) is 11.3 Å². The first kappa shape index (κ1) is 15.9. The van der Waals surface area contributed by atoms with Gasteiger partial charge in [-0.25, -0.2) is 4.98 Å². The number of rotatable bonds is 5. The van der Waals surface area contributed by atoms with Crippen LogP contribution >= 0.6 is 11.3 Å². The SMILES string of the molecule is CCNC(Cc1nc(C(C)(C)C)cs1)C1COC(C)C1. The molecule has 1 aliphatic rings. The minimum Gasteiger partial charge on any atom is -0.378 e. The quantitative estimate of drug-likeness (QED) is 0.904. The summed E-state index contributed by atoms with van der Waals surface area (Å²) in [5.41, 5.74) is 1.36. The van der Waals surface area contributed by atoms with Crippen LogP contribution in [0.25, 0.3) is 0 Å². The lowest BCUT2D eigenvalue weighted by Gasteiger charge is -2.22. The lowest BCUT2D eigenvalue weighted by Crippen LogP contribution is -2.38. The van der Waals surface area contributed by atoms with Gasteiger partial charge < -0.3 is 10.1 Å². The van der Waals surface area contributed by atoms with Crippen molar-refractivity contribution in [2.45, 2.75) is 65.0 Å². The smallest absolute Gasteiger partial charge is 0.0944 e. The van der Waals surface area contributed by atoms with Gasteiger partial charge in [0.25, 0.3) is 0 Å². The van der Waals surface area contributed by atoms with E-state index >= 15 is 0 Å². The highest BCUT2D eigenvalue weighted by molar-refractivity contribution is 7.09. The maximum absolute atomic E-state index is 5.73. The molecule has 114 valence electrons. The average Bonchev–Trinajstić information content (AvgIpc) is 2.96. The molecule has 1 aromatic rings. The molecule has 3 unspecified atom stereocenters. The molecule has 3 atom stereocenters. The molecule has 0 radical (unpaired) electrons. The number of nitrogens with one attached hydrogen (secondary N) is 1. The van der Waals surface area contributed by atoms with E-state index in [0.717, 1.165) is 26.0 Å². The molecule has 20 heavy (non-hydrogen) atoms. The molecule has 0 aromatic carbocycles. The minimum atomic E-state index is 0.146. The van der Waals surface area contributed by atoms with E-state index in [4.69, 9.17) is 9.72 Å². The van der Waals surface area contributed by atoms with Crippen molar-refractivity contribution in [2.75, 3.05) is 13.2 Å². The molecular weight excluding hydrogens is 268 g/mol. The van der Waals surface area contributed by atoms with Crippen LogP contribution in [0.4, 0.5) is 0 Å². The van der Waals surface area contributed by atoms with Gasteiger partial charge in [-0.05, 0) is 19.9 Å². The second-order valence-electron chi connectivity index (χ2n) is 6.88. The Hall–Kier alpha value is -0.450. The van der Waals surface area contributed by atoms with E-state index < -0.39 is 0 Å². The van der Waals surface area contributed by atoms with Crippen LogP contribution in [-0.2, 0) is 16.6 Å². The number of hydrogen-bond donors (Lipinski definition) is 1. The van der Waals surface area contributed by atoms with Crippen molar-refractivity contribution < 1.29 is 4.74 Å². The van der Waals surface area contributed by atoms with Gasteiger partial charge in [0.2, 0.25) is 0 Å². The number of nitrogens with zero attached hydrogens (tertiary/aromatic N) is 1. The maximum atomic E-state index is 5.73. The predicted octanol–water partition coefficient (Wildman–Crippen LogP) is 3.39.